The van der Waals surface area contributed by atoms with Gasteiger partial charge in [-0.25, -0.2) is 18.1 Å². The van der Waals surface area contributed by atoms with Crippen LogP contribution >= 0.6 is 0 Å². The highest BCUT2D eigenvalue weighted by atomic mass is 32.2. The molecule has 0 fully saturated rings. The molecule has 9 heteroatoms. The summed E-state index contributed by atoms with van der Waals surface area (Å²) in [7, 11) is 0.152. The van der Waals surface area contributed by atoms with E-state index in [0.717, 1.165) is 16.7 Å². The van der Waals surface area contributed by atoms with Gasteiger partial charge in [0.2, 0.25) is 10.0 Å². The fourth-order valence-corrected chi connectivity index (χ4v) is 5.18. The summed E-state index contributed by atoms with van der Waals surface area (Å²) in [5.74, 6) is 1.81. The number of ether oxygens (including phenoxy) is 2. The highest BCUT2D eigenvalue weighted by Gasteiger charge is 2.17. The number of sulfonamides is 1. The molecule has 0 saturated heterocycles. The van der Waals surface area contributed by atoms with Crippen molar-refractivity contribution in [3.8, 4) is 22.9 Å². The van der Waals surface area contributed by atoms with Crippen molar-refractivity contribution in [2.75, 3.05) is 27.2 Å². The minimum atomic E-state index is -3.64. The maximum Gasteiger partial charge on any atom is 0.240 e. The average molecular weight is 557 g/mol. The molecule has 0 radical (unpaired) electrons. The van der Waals surface area contributed by atoms with Crippen molar-refractivity contribution in [2.24, 2.45) is 0 Å². The Morgan fingerprint density at radius 3 is 2.10 bits per heavy atom. The van der Waals surface area contributed by atoms with Gasteiger partial charge < -0.3 is 19.4 Å². The number of H-pyrrole nitrogens is 1. The lowest BCUT2D eigenvalue weighted by molar-refractivity contribution is 0.256. The van der Waals surface area contributed by atoms with E-state index in [-0.39, 0.29) is 4.90 Å². The number of aromatic amines is 1. The summed E-state index contributed by atoms with van der Waals surface area (Å²) in [5, 5.41) is 0. The van der Waals surface area contributed by atoms with E-state index in [1.807, 2.05) is 97.9 Å². The minimum Gasteiger partial charge on any atom is -0.485 e. The standard InChI is InChI=1S/C31H32N4O4S/c1-35(2)18-17-32-40(36,37)26-14-15-27-28(20-26)34-31(33-27)25-13-16-29(38-21-23-9-5-3-6-10-23)30(19-25)39-22-24-11-7-4-8-12-24/h3-16,19-20,32H,17-18,21-22H2,1-2H3,(H,33,34). The number of hydrogen-bond acceptors (Lipinski definition) is 6. The molecule has 0 aliphatic heterocycles. The van der Waals surface area contributed by atoms with Crippen LogP contribution in [0.15, 0.2) is 102 Å². The molecule has 0 unspecified atom stereocenters. The van der Waals surface area contributed by atoms with E-state index in [4.69, 9.17) is 14.5 Å². The van der Waals surface area contributed by atoms with Crippen molar-refractivity contribution >= 4 is 21.1 Å². The van der Waals surface area contributed by atoms with Crippen LogP contribution in [0.1, 0.15) is 11.1 Å². The van der Waals surface area contributed by atoms with E-state index >= 15 is 0 Å². The lowest BCUT2D eigenvalue weighted by atomic mass is 10.2. The Kier molecular flexibility index (Phi) is 8.45. The van der Waals surface area contributed by atoms with Crippen molar-refractivity contribution in [2.45, 2.75) is 18.1 Å². The van der Waals surface area contributed by atoms with Crippen LogP contribution < -0.4 is 14.2 Å². The van der Waals surface area contributed by atoms with Gasteiger partial charge in [0.05, 0.1) is 15.9 Å². The summed E-state index contributed by atoms with van der Waals surface area (Å²) < 4.78 is 40.5. The number of likely N-dealkylation sites (N-methyl/N-ethyl adjacent to an activating group) is 1. The predicted octanol–water partition coefficient (Wildman–Crippen LogP) is 5.23. The number of benzene rings is 4. The Hall–Kier alpha value is -4.18. The second kappa shape index (κ2) is 12.3. The first-order valence-corrected chi connectivity index (χ1v) is 14.5. The molecule has 0 atom stereocenters. The molecular weight excluding hydrogens is 524 g/mol. The van der Waals surface area contributed by atoms with Gasteiger partial charge in [0.25, 0.3) is 0 Å². The van der Waals surface area contributed by atoms with Crippen molar-refractivity contribution in [3.05, 3.63) is 108 Å². The normalized spacial score (nSPS) is 11.7. The van der Waals surface area contributed by atoms with E-state index in [1.165, 1.54) is 0 Å². The maximum atomic E-state index is 12.8. The Morgan fingerprint density at radius 1 is 0.800 bits per heavy atom. The van der Waals surface area contributed by atoms with Crippen LogP contribution in [0.4, 0.5) is 0 Å². The van der Waals surface area contributed by atoms with E-state index in [2.05, 4.69) is 9.71 Å². The third-order valence-electron chi connectivity index (χ3n) is 6.31. The molecule has 8 nitrogen and oxygen atoms in total. The molecule has 2 N–H and O–H groups in total. The van der Waals surface area contributed by atoms with Gasteiger partial charge in [0.1, 0.15) is 19.0 Å². The van der Waals surface area contributed by atoms with Gasteiger partial charge in [-0.2, -0.15) is 0 Å². The molecule has 0 saturated carbocycles. The van der Waals surface area contributed by atoms with Gasteiger partial charge >= 0.3 is 0 Å². The zero-order chi connectivity index (χ0) is 28.0. The van der Waals surface area contributed by atoms with Gasteiger partial charge in [-0.1, -0.05) is 60.7 Å². The molecule has 5 aromatic rings. The molecule has 0 aliphatic rings. The number of hydrogen-bond donors (Lipinski definition) is 2. The predicted molar refractivity (Wildman–Crippen MR) is 157 cm³/mol. The summed E-state index contributed by atoms with van der Waals surface area (Å²) in [6, 6.07) is 30.4. The highest BCUT2D eigenvalue weighted by Crippen LogP contribution is 2.34. The number of nitrogens with zero attached hydrogens (tertiary/aromatic N) is 2. The fraction of sp³-hybridized carbons (Fsp3) is 0.194. The third kappa shape index (κ3) is 6.87. The van der Waals surface area contributed by atoms with Gasteiger partial charge in [-0.3, -0.25) is 0 Å². The summed E-state index contributed by atoms with van der Waals surface area (Å²) in [4.78, 5) is 10.1. The smallest absolute Gasteiger partial charge is 0.240 e. The first kappa shape index (κ1) is 27.4. The Morgan fingerprint density at radius 2 is 1.45 bits per heavy atom. The molecule has 0 spiro atoms. The molecular formula is C31H32N4O4S. The van der Waals surface area contributed by atoms with Crippen molar-refractivity contribution in [1.29, 1.82) is 0 Å². The monoisotopic (exact) mass is 556 g/mol. The fourth-order valence-electron chi connectivity index (χ4n) is 4.14. The summed E-state index contributed by atoms with van der Waals surface area (Å²) in [5.41, 5.74) is 4.18. The first-order chi connectivity index (χ1) is 19.4. The van der Waals surface area contributed by atoms with Gasteiger partial charge in [0.15, 0.2) is 11.5 Å². The summed E-state index contributed by atoms with van der Waals surface area (Å²) in [6.45, 7) is 1.72. The maximum absolute atomic E-state index is 12.8. The zero-order valence-corrected chi connectivity index (χ0v) is 23.3. The Balaban J connectivity index is 1.40. The first-order valence-electron chi connectivity index (χ1n) is 13.0. The van der Waals surface area contributed by atoms with Gasteiger partial charge in [-0.05, 0) is 61.6 Å². The lowest BCUT2D eigenvalue weighted by Gasteiger charge is -2.14. The van der Waals surface area contributed by atoms with Crippen LogP contribution in [0, 0.1) is 0 Å². The van der Waals surface area contributed by atoms with E-state index in [1.54, 1.807) is 18.2 Å². The van der Waals surface area contributed by atoms with Crippen LogP contribution in [0.3, 0.4) is 0 Å². The second-order valence-corrected chi connectivity index (χ2v) is 11.4. The molecule has 40 heavy (non-hydrogen) atoms. The highest BCUT2D eigenvalue weighted by molar-refractivity contribution is 7.89. The molecule has 0 aliphatic carbocycles. The lowest BCUT2D eigenvalue weighted by Crippen LogP contribution is -2.31. The number of nitrogens with one attached hydrogen (secondary N) is 2. The topological polar surface area (TPSA) is 96.6 Å². The van der Waals surface area contributed by atoms with Crippen molar-refractivity contribution in [1.82, 2.24) is 19.6 Å². The van der Waals surface area contributed by atoms with Gasteiger partial charge in [-0.15, -0.1) is 0 Å². The number of rotatable bonds is 12. The van der Waals surface area contributed by atoms with E-state index < -0.39 is 10.0 Å². The van der Waals surface area contributed by atoms with Crippen molar-refractivity contribution < 1.29 is 17.9 Å². The molecule has 5 rings (SSSR count). The molecule has 0 bridgehead atoms. The second-order valence-electron chi connectivity index (χ2n) is 9.68. The number of aromatic nitrogens is 2. The molecule has 1 aromatic heterocycles. The molecule has 206 valence electrons. The third-order valence-corrected chi connectivity index (χ3v) is 7.76. The Labute approximate surface area is 234 Å². The van der Waals surface area contributed by atoms with Crippen LogP contribution in [0.5, 0.6) is 11.5 Å². The molecule has 1 heterocycles. The van der Waals surface area contributed by atoms with Crippen molar-refractivity contribution in [3.63, 3.8) is 0 Å². The van der Waals surface area contributed by atoms with Crippen LogP contribution in [0.25, 0.3) is 22.4 Å². The molecule has 4 aromatic carbocycles. The average Bonchev–Trinajstić information content (AvgIpc) is 3.40. The molecule has 0 amide bonds. The summed E-state index contributed by atoms with van der Waals surface area (Å²) >= 11 is 0. The van der Waals surface area contributed by atoms with Crippen LogP contribution in [0.2, 0.25) is 0 Å². The zero-order valence-electron chi connectivity index (χ0n) is 22.5. The quantitative estimate of drug-likeness (QED) is 0.219. The minimum absolute atomic E-state index is 0.186. The van der Waals surface area contributed by atoms with Crippen LogP contribution in [-0.4, -0.2) is 50.5 Å². The number of fused-ring (bicyclic) bond motifs is 1. The van der Waals surface area contributed by atoms with E-state index in [9.17, 15) is 8.42 Å². The summed E-state index contributed by atoms with van der Waals surface area (Å²) in [6.07, 6.45) is 0. The SMILES string of the molecule is CN(C)CCNS(=O)(=O)c1ccc2nc(-c3ccc(OCc4ccccc4)c(OCc4ccccc4)c3)[nH]c2c1. The van der Waals surface area contributed by atoms with E-state index in [0.29, 0.717) is 54.7 Å². The largest absolute Gasteiger partial charge is 0.485 e. The van der Waals surface area contributed by atoms with Crippen LogP contribution in [-0.2, 0) is 23.2 Å². The van der Waals surface area contributed by atoms with Gasteiger partial charge in [0, 0.05) is 18.7 Å². The number of imidazole rings is 1. The Bertz CT molecular complexity index is 1670.